The summed E-state index contributed by atoms with van der Waals surface area (Å²) in [7, 11) is 0. The van der Waals surface area contributed by atoms with Crippen molar-refractivity contribution in [2.24, 2.45) is 5.73 Å². The summed E-state index contributed by atoms with van der Waals surface area (Å²) in [5.74, 6) is 1.37. The number of aromatic nitrogens is 4. The zero-order chi connectivity index (χ0) is 22.8. The van der Waals surface area contributed by atoms with E-state index >= 15 is 0 Å². The quantitative estimate of drug-likeness (QED) is 0.424. The molecule has 170 valence electrons. The Balaban J connectivity index is 1.30. The maximum absolute atomic E-state index is 13.2. The molecular weight excluding hydrogens is 418 g/mol. The highest BCUT2D eigenvalue weighted by atomic mass is 16.3. The van der Waals surface area contributed by atoms with E-state index in [4.69, 9.17) is 15.1 Å². The highest BCUT2D eigenvalue weighted by Crippen LogP contribution is 2.26. The van der Waals surface area contributed by atoms with Crippen LogP contribution in [0.25, 0.3) is 16.9 Å². The van der Waals surface area contributed by atoms with Crippen molar-refractivity contribution in [3.8, 4) is 5.95 Å². The SMILES string of the molecule is CCc1cc(N2CC(N)CC2C(=O)CNCc2ccc3occc3c2)nc(-n2ccnc2)n1. The maximum Gasteiger partial charge on any atom is 0.237 e. The van der Waals surface area contributed by atoms with Crippen molar-refractivity contribution in [2.75, 3.05) is 18.0 Å². The largest absolute Gasteiger partial charge is 0.464 e. The lowest BCUT2D eigenvalue weighted by molar-refractivity contribution is -0.119. The summed E-state index contributed by atoms with van der Waals surface area (Å²) in [6, 6.07) is 9.51. The molecule has 1 aliphatic heterocycles. The van der Waals surface area contributed by atoms with Gasteiger partial charge in [0.25, 0.3) is 0 Å². The van der Waals surface area contributed by atoms with Gasteiger partial charge in [0.2, 0.25) is 5.95 Å². The number of hydrogen-bond acceptors (Lipinski definition) is 8. The molecule has 1 saturated heterocycles. The van der Waals surface area contributed by atoms with Gasteiger partial charge in [0.1, 0.15) is 17.7 Å². The van der Waals surface area contributed by atoms with E-state index in [-0.39, 0.29) is 24.4 Å². The second-order valence-corrected chi connectivity index (χ2v) is 8.37. The minimum Gasteiger partial charge on any atom is -0.464 e. The summed E-state index contributed by atoms with van der Waals surface area (Å²) in [5.41, 5.74) is 9.14. The Morgan fingerprint density at radius 1 is 1.27 bits per heavy atom. The van der Waals surface area contributed by atoms with E-state index in [0.29, 0.717) is 25.5 Å². The van der Waals surface area contributed by atoms with Gasteiger partial charge in [-0.25, -0.2) is 9.97 Å². The number of nitrogens with one attached hydrogen (secondary N) is 1. The lowest BCUT2D eigenvalue weighted by atomic mass is 10.1. The van der Waals surface area contributed by atoms with Crippen LogP contribution >= 0.6 is 0 Å². The number of benzene rings is 1. The molecular formula is C24H27N7O2. The zero-order valence-electron chi connectivity index (χ0n) is 18.5. The van der Waals surface area contributed by atoms with Crippen LogP contribution in [0.4, 0.5) is 5.82 Å². The van der Waals surface area contributed by atoms with Crippen molar-refractivity contribution >= 4 is 22.6 Å². The molecule has 0 bridgehead atoms. The van der Waals surface area contributed by atoms with Crippen molar-refractivity contribution in [3.63, 3.8) is 0 Å². The standard InChI is InChI=1S/C24H27N7O2/c1-2-19-11-23(29-24(28-19)30-7-6-26-15-30)31-14-18(25)10-20(31)21(32)13-27-12-16-3-4-22-17(9-16)5-8-33-22/h3-9,11,15,18,20,27H,2,10,12-14,25H2,1H3. The van der Waals surface area contributed by atoms with Crippen LogP contribution in [0.5, 0.6) is 0 Å². The molecule has 5 rings (SSSR count). The van der Waals surface area contributed by atoms with Crippen LogP contribution in [0.15, 0.2) is 59.7 Å². The van der Waals surface area contributed by atoms with E-state index in [2.05, 4.69) is 21.4 Å². The zero-order valence-corrected chi connectivity index (χ0v) is 18.5. The molecule has 3 N–H and O–H groups in total. The smallest absolute Gasteiger partial charge is 0.237 e. The molecule has 0 spiro atoms. The highest BCUT2D eigenvalue weighted by Gasteiger charge is 2.36. The average molecular weight is 446 g/mol. The molecule has 0 saturated carbocycles. The van der Waals surface area contributed by atoms with Gasteiger partial charge in [-0.3, -0.25) is 9.36 Å². The molecule has 2 unspecified atom stereocenters. The fraction of sp³-hybridized carbons (Fsp3) is 0.333. The first-order chi connectivity index (χ1) is 16.1. The summed E-state index contributed by atoms with van der Waals surface area (Å²) in [4.78, 5) is 28.6. The number of imidazole rings is 1. The van der Waals surface area contributed by atoms with Crippen LogP contribution in [0, 0.1) is 0 Å². The molecule has 9 heteroatoms. The number of rotatable bonds is 8. The number of Topliss-reactive ketones (excluding diaryl/α,β-unsaturated/α-hetero) is 1. The third-order valence-corrected chi connectivity index (χ3v) is 6.00. The van der Waals surface area contributed by atoms with Gasteiger partial charge < -0.3 is 20.4 Å². The molecule has 1 fully saturated rings. The van der Waals surface area contributed by atoms with Crippen LogP contribution < -0.4 is 16.0 Å². The molecule has 0 radical (unpaired) electrons. The second kappa shape index (κ2) is 9.13. The van der Waals surface area contributed by atoms with Crippen molar-refractivity contribution in [1.82, 2.24) is 24.8 Å². The number of aryl methyl sites for hydroxylation is 1. The van der Waals surface area contributed by atoms with Crippen LogP contribution in [0.2, 0.25) is 0 Å². The number of anilines is 1. The monoisotopic (exact) mass is 445 g/mol. The van der Waals surface area contributed by atoms with Crippen molar-refractivity contribution in [1.29, 1.82) is 0 Å². The topological polar surface area (TPSA) is 115 Å². The number of carbonyl (C=O) groups excluding carboxylic acids is 1. The number of hydrogen-bond donors (Lipinski definition) is 2. The Hall–Kier alpha value is -3.56. The number of nitrogens with zero attached hydrogens (tertiary/aromatic N) is 5. The number of nitrogens with two attached hydrogens (primary N) is 1. The summed E-state index contributed by atoms with van der Waals surface area (Å²) >= 11 is 0. The van der Waals surface area contributed by atoms with E-state index in [1.165, 1.54) is 0 Å². The third kappa shape index (κ3) is 4.50. The normalized spacial score (nSPS) is 18.3. The van der Waals surface area contributed by atoms with E-state index in [0.717, 1.165) is 34.5 Å². The predicted octanol–water partition coefficient (Wildman–Crippen LogP) is 2.24. The highest BCUT2D eigenvalue weighted by molar-refractivity contribution is 5.89. The summed E-state index contributed by atoms with van der Waals surface area (Å²) in [6.07, 6.45) is 8.21. The van der Waals surface area contributed by atoms with E-state index in [1.54, 1.807) is 23.4 Å². The minimum absolute atomic E-state index is 0.0841. The fourth-order valence-electron chi connectivity index (χ4n) is 4.29. The van der Waals surface area contributed by atoms with Gasteiger partial charge in [0.15, 0.2) is 5.78 Å². The van der Waals surface area contributed by atoms with E-state index in [9.17, 15) is 4.79 Å². The molecule has 0 aliphatic carbocycles. The van der Waals surface area contributed by atoms with E-state index in [1.807, 2.05) is 42.3 Å². The van der Waals surface area contributed by atoms with Crippen molar-refractivity contribution < 1.29 is 9.21 Å². The van der Waals surface area contributed by atoms with Crippen molar-refractivity contribution in [2.45, 2.75) is 38.4 Å². The van der Waals surface area contributed by atoms with Crippen LogP contribution in [-0.4, -0.2) is 50.5 Å². The van der Waals surface area contributed by atoms with Gasteiger partial charge in [-0.15, -0.1) is 0 Å². The minimum atomic E-state index is -0.320. The van der Waals surface area contributed by atoms with Gasteiger partial charge in [0, 0.05) is 48.7 Å². The lowest BCUT2D eigenvalue weighted by Crippen LogP contribution is -2.41. The number of carbonyl (C=O) groups is 1. The number of ketones is 1. The molecule has 4 aromatic rings. The van der Waals surface area contributed by atoms with Crippen LogP contribution in [-0.2, 0) is 17.8 Å². The average Bonchev–Trinajstić information content (AvgIpc) is 3.59. The fourth-order valence-corrected chi connectivity index (χ4v) is 4.29. The number of fused-ring (bicyclic) bond motifs is 1. The first kappa shape index (κ1) is 21.3. The van der Waals surface area contributed by atoms with Gasteiger partial charge in [-0.2, -0.15) is 4.98 Å². The Labute approximate surface area is 191 Å². The molecule has 33 heavy (non-hydrogen) atoms. The summed E-state index contributed by atoms with van der Waals surface area (Å²) in [6.45, 7) is 3.49. The molecule has 0 amide bonds. The molecule has 1 aliphatic rings. The van der Waals surface area contributed by atoms with Gasteiger partial charge in [0.05, 0.1) is 18.8 Å². The molecule has 3 aromatic heterocycles. The van der Waals surface area contributed by atoms with E-state index < -0.39 is 0 Å². The first-order valence-electron chi connectivity index (χ1n) is 11.2. The maximum atomic E-state index is 13.2. The molecule has 2 atom stereocenters. The molecule has 9 nitrogen and oxygen atoms in total. The predicted molar refractivity (Wildman–Crippen MR) is 125 cm³/mol. The van der Waals surface area contributed by atoms with Crippen LogP contribution in [0.1, 0.15) is 24.6 Å². The molecule has 1 aromatic carbocycles. The Kier molecular flexibility index (Phi) is 5.89. The third-order valence-electron chi connectivity index (χ3n) is 6.00. The van der Waals surface area contributed by atoms with Gasteiger partial charge in [-0.1, -0.05) is 13.0 Å². The van der Waals surface area contributed by atoms with Gasteiger partial charge >= 0.3 is 0 Å². The Morgan fingerprint density at radius 3 is 3.00 bits per heavy atom. The first-order valence-corrected chi connectivity index (χ1v) is 11.2. The van der Waals surface area contributed by atoms with Crippen LogP contribution in [0.3, 0.4) is 0 Å². The second-order valence-electron chi connectivity index (χ2n) is 8.37. The summed E-state index contributed by atoms with van der Waals surface area (Å²) < 4.78 is 7.16. The summed E-state index contributed by atoms with van der Waals surface area (Å²) in [5, 5.41) is 4.34. The Bertz CT molecular complexity index is 1250. The number of furan rings is 1. The van der Waals surface area contributed by atoms with Crippen molar-refractivity contribution in [3.05, 3.63) is 66.6 Å². The molecule has 4 heterocycles. The Morgan fingerprint density at radius 2 is 2.18 bits per heavy atom. The van der Waals surface area contributed by atoms with Gasteiger partial charge in [-0.05, 0) is 36.6 Å². The lowest BCUT2D eigenvalue weighted by Gasteiger charge is -2.25.